The van der Waals surface area contributed by atoms with E-state index in [9.17, 15) is 0 Å². The van der Waals surface area contributed by atoms with Gasteiger partial charge in [0.05, 0.1) is 24.0 Å². The second-order valence-electron chi connectivity index (χ2n) is 5.91. The summed E-state index contributed by atoms with van der Waals surface area (Å²) >= 11 is 0. The summed E-state index contributed by atoms with van der Waals surface area (Å²) in [6.07, 6.45) is 10.5. The smallest absolute Gasteiger partial charge is 0.0849 e. The van der Waals surface area contributed by atoms with Crippen LogP contribution in [0.5, 0.6) is 0 Å². The molecule has 0 unspecified atom stereocenters. The summed E-state index contributed by atoms with van der Waals surface area (Å²) in [5, 5.41) is 12.7. The highest BCUT2D eigenvalue weighted by Crippen LogP contribution is 2.28. The number of aromatic nitrogens is 4. The molecule has 0 aromatic carbocycles. The van der Waals surface area contributed by atoms with Crippen molar-refractivity contribution in [2.75, 3.05) is 6.54 Å². The summed E-state index contributed by atoms with van der Waals surface area (Å²) in [6, 6.07) is 4.82. The summed E-state index contributed by atoms with van der Waals surface area (Å²) in [7, 11) is 0. The van der Waals surface area contributed by atoms with Crippen molar-refractivity contribution >= 4 is 0 Å². The monoisotopic (exact) mass is 287 g/mol. The normalized spacial score (nSPS) is 15.9. The Kier molecular flexibility index (Phi) is 4.70. The predicted molar refractivity (Wildman–Crippen MR) is 83.1 cm³/mol. The van der Waals surface area contributed by atoms with Gasteiger partial charge in [-0.3, -0.25) is 9.36 Å². The summed E-state index contributed by atoms with van der Waals surface area (Å²) in [5.41, 5.74) is 2.19. The van der Waals surface area contributed by atoms with Gasteiger partial charge in [-0.05, 0) is 37.9 Å². The zero-order valence-electron chi connectivity index (χ0n) is 12.8. The van der Waals surface area contributed by atoms with Crippen molar-refractivity contribution in [3.63, 3.8) is 0 Å². The molecule has 2 heterocycles. The second-order valence-corrected chi connectivity index (χ2v) is 5.91. The molecule has 0 radical (unpaired) electrons. The average Bonchev–Trinajstić information content (AvgIpc) is 3.20. The molecular weight excluding hydrogens is 262 g/mol. The Hall–Kier alpha value is -1.62. The first-order valence-electron chi connectivity index (χ1n) is 8.12. The quantitative estimate of drug-likeness (QED) is 0.797. The second kappa shape index (κ2) is 6.89. The van der Waals surface area contributed by atoms with Crippen molar-refractivity contribution < 1.29 is 0 Å². The Balaban J connectivity index is 1.56. The molecule has 1 aliphatic rings. The number of hydrogen-bond acceptors (Lipinski definition) is 3. The van der Waals surface area contributed by atoms with E-state index in [-0.39, 0.29) is 0 Å². The topological polar surface area (TPSA) is 47.7 Å². The van der Waals surface area contributed by atoms with Crippen LogP contribution < -0.4 is 5.32 Å². The fourth-order valence-corrected chi connectivity index (χ4v) is 2.98. The molecule has 3 rings (SSSR count). The third-order valence-electron chi connectivity index (χ3n) is 4.12. The van der Waals surface area contributed by atoms with Gasteiger partial charge in [-0.2, -0.15) is 10.2 Å². The Morgan fingerprint density at radius 3 is 2.76 bits per heavy atom. The molecule has 2 aromatic rings. The SMILES string of the molecule is CCCNCc1ccn(Cc2ccn(C3CCCC3)n2)n1. The molecule has 0 saturated heterocycles. The van der Waals surface area contributed by atoms with Gasteiger partial charge in [0.25, 0.3) is 0 Å². The Morgan fingerprint density at radius 1 is 1.14 bits per heavy atom. The lowest BCUT2D eigenvalue weighted by Gasteiger charge is -2.08. The minimum Gasteiger partial charge on any atom is -0.311 e. The number of nitrogens with zero attached hydrogens (tertiary/aromatic N) is 4. The van der Waals surface area contributed by atoms with Crippen LogP contribution >= 0.6 is 0 Å². The zero-order valence-corrected chi connectivity index (χ0v) is 12.8. The predicted octanol–water partition coefficient (Wildman–Crippen LogP) is 2.74. The maximum atomic E-state index is 4.71. The molecule has 2 aromatic heterocycles. The third-order valence-corrected chi connectivity index (χ3v) is 4.12. The number of hydrogen-bond donors (Lipinski definition) is 1. The van der Waals surface area contributed by atoms with Crippen LogP contribution in [0.3, 0.4) is 0 Å². The minimum absolute atomic E-state index is 0.616. The minimum atomic E-state index is 0.616. The summed E-state index contributed by atoms with van der Waals surface area (Å²) in [6.45, 7) is 4.82. The molecule has 21 heavy (non-hydrogen) atoms. The van der Waals surface area contributed by atoms with Crippen LogP contribution in [0, 0.1) is 0 Å². The van der Waals surface area contributed by atoms with Crippen LogP contribution in [0.4, 0.5) is 0 Å². The lowest BCUT2D eigenvalue weighted by molar-refractivity contribution is 0.460. The van der Waals surface area contributed by atoms with E-state index >= 15 is 0 Å². The first-order chi connectivity index (χ1) is 10.3. The van der Waals surface area contributed by atoms with Crippen LogP contribution in [-0.2, 0) is 13.1 Å². The Morgan fingerprint density at radius 2 is 1.95 bits per heavy atom. The Bertz CT molecular complexity index is 551. The summed E-state index contributed by atoms with van der Waals surface area (Å²) in [5.74, 6) is 0. The average molecular weight is 287 g/mol. The molecule has 114 valence electrons. The van der Waals surface area contributed by atoms with Gasteiger partial charge in [0.15, 0.2) is 0 Å². The molecule has 0 atom stereocenters. The summed E-state index contributed by atoms with van der Waals surface area (Å²) < 4.78 is 4.12. The maximum absolute atomic E-state index is 4.71. The zero-order chi connectivity index (χ0) is 14.5. The highest BCUT2D eigenvalue weighted by atomic mass is 15.3. The molecule has 5 nitrogen and oxygen atoms in total. The van der Waals surface area contributed by atoms with Crippen LogP contribution in [-0.4, -0.2) is 26.1 Å². The van der Waals surface area contributed by atoms with E-state index in [4.69, 9.17) is 5.10 Å². The summed E-state index contributed by atoms with van der Waals surface area (Å²) in [4.78, 5) is 0. The van der Waals surface area contributed by atoms with E-state index in [0.717, 1.165) is 37.4 Å². The van der Waals surface area contributed by atoms with Crippen molar-refractivity contribution in [1.29, 1.82) is 0 Å². The van der Waals surface area contributed by atoms with Gasteiger partial charge in [0, 0.05) is 18.9 Å². The number of nitrogens with one attached hydrogen (secondary N) is 1. The molecule has 0 spiro atoms. The van der Waals surface area contributed by atoms with E-state index < -0.39 is 0 Å². The van der Waals surface area contributed by atoms with E-state index in [0.29, 0.717) is 6.04 Å². The van der Waals surface area contributed by atoms with Crippen LogP contribution in [0.25, 0.3) is 0 Å². The molecule has 0 bridgehead atoms. The van der Waals surface area contributed by atoms with Crippen molar-refractivity contribution in [3.05, 3.63) is 35.9 Å². The molecule has 1 saturated carbocycles. The molecule has 1 aliphatic carbocycles. The third kappa shape index (κ3) is 3.73. The van der Waals surface area contributed by atoms with Crippen molar-refractivity contribution in [2.24, 2.45) is 0 Å². The van der Waals surface area contributed by atoms with Gasteiger partial charge in [-0.15, -0.1) is 0 Å². The molecule has 0 amide bonds. The van der Waals surface area contributed by atoms with Crippen LogP contribution in [0.2, 0.25) is 0 Å². The molecule has 1 N–H and O–H groups in total. The molecule has 1 fully saturated rings. The van der Waals surface area contributed by atoms with Gasteiger partial charge in [-0.25, -0.2) is 0 Å². The lowest BCUT2D eigenvalue weighted by Crippen LogP contribution is -2.14. The molecular formula is C16H25N5. The van der Waals surface area contributed by atoms with E-state index in [2.05, 4.69) is 40.4 Å². The van der Waals surface area contributed by atoms with Crippen molar-refractivity contribution in [3.8, 4) is 0 Å². The molecule has 0 aliphatic heterocycles. The first-order valence-corrected chi connectivity index (χ1v) is 8.12. The highest BCUT2D eigenvalue weighted by Gasteiger charge is 2.17. The van der Waals surface area contributed by atoms with E-state index in [1.165, 1.54) is 25.7 Å². The van der Waals surface area contributed by atoms with E-state index in [1.807, 2.05) is 10.9 Å². The fraction of sp³-hybridized carbons (Fsp3) is 0.625. The van der Waals surface area contributed by atoms with Crippen molar-refractivity contribution in [1.82, 2.24) is 24.9 Å². The van der Waals surface area contributed by atoms with Gasteiger partial charge < -0.3 is 5.32 Å². The fourth-order valence-electron chi connectivity index (χ4n) is 2.98. The van der Waals surface area contributed by atoms with Crippen LogP contribution in [0.15, 0.2) is 24.5 Å². The van der Waals surface area contributed by atoms with Gasteiger partial charge in [-0.1, -0.05) is 19.8 Å². The lowest BCUT2D eigenvalue weighted by atomic mass is 10.3. The van der Waals surface area contributed by atoms with Crippen LogP contribution in [0.1, 0.15) is 56.5 Å². The van der Waals surface area contributed by atoms with Gasteiger partial charge in [0.2, 0.25) is 0 Å². The van der Waals surface area contributed by atoms with Crippen molar-refractivity contribution in [2.45, 2.75) is 58.2 Å². The van der Waals surface area contributed by atoms with Gasteiger partial charge >= 0.3 is 0 Å². The number of rotatable bonds is 7. The first kappa shape index (κ1) is 14.3. The molecule has 5 heteroatoms. The standard InChI is InChI=1S/C16H25N5/c1-2-9-17-12-14-7-10-20(18-14)13-15-8-11-21(19-15)16-5-3-4-6-16/h7-8,10-11,16-17H,2-6,9,12-13H2,1H3. The maximum Gasteiger partial charge on any atom is 0.0849 e. The largest absolute Gasteiger partial charge is 0.311 e. The van der Waals surface area contributed by atoms with E-state index in [1.54, 1.807) is 0 Å². The Labute approximate surface area is 126 Å². The van der Waals surface area contributed by atoms with Gasteiger partial charge in [0.1, 0.15) is 0 Å². The highest BCUT2D eigenvalue weighted by molar-refractivity contribution is 5.04.